The van der Waals surface area contributed by atoms with Crippen LogP contribution >= 0.6 is 34.8 Å². The number of anilines is 1. The lowest BCUT2D eigenvalue weighted by Crippen LogP contribution is -2.03. The van der Waals surface area contributed by atoms with Gasteiger partial charge in [-0.05, 0) is 42.0 Å². The molecule has 148 valence electrons. The van der Waals surface area contributed by atoms with Crippen molar-refractivity contribution in [3.05, 3.63) is 98.6 Å². The quantitative estimate of drug-likeness (QED) is 0.329. The van der Waals surface area contributed by atoms with Crippen molar-refractivity contribution in [2.45, 2.75) is 6.54 Å². The van der Waals surface area contributed by atoms with Gasteiger partial charge in [0.25, 0.3) is 5.91 Å². The first-order valence-corrected chi connectivity index (χ1v) is 10.5. The van der Waals surface area contributed by atoms with Crippen LogP contribution in [0.4, 0.5) is 5.69 Å². The predicted octanol–water partition coefficient (Wildman–Crippen LogP) is 7.14. The lowest BCUT2D eigenvalue weighted by atomic mass is 10.0. The summed E-state index contributed by atoms with van der Waals surface area (Å²) >= 11 is 18.3. The summed E-state index contributed by atoms with van der Waals surface area (Å²) in [6.45, 7) is 0.638. The van der Waals surface area contributed by atoms with Gasteiger partial charge < -0.3 is 9.88 Å². The second kappa shape index (κ2) is 7.51. The van der Waals surface area contributed by atoms with E-state index in [4.69, 9.17) is 34.8 Å². The number of hydrogen-bond acceptors (Lipinski definition) is 1. The number of nitrogens with zero attached hydrogens (tertiary/aromatic N) is 1. The van der Waals surface area contributed by atoms with Crippen molar-refractivity contribution < 1.29 is 4.79 Å². The highest BCUT2D eigenvalue weighted by atomic mass is 35.5. The fourth-order valence-electron chi connectivity index (χ4n) is 3.82. The molecule has 1 aromatic heterocycles. The molecule has 1 N–H and O–H groups in total. The van der Waals surface area contributed by atoms with Crippen molar-refractivity contribution in [3.8, 4) is 0 Å². The van der Waals surface area contributed by atoms with Crippen LogP contribution in [0.3, 0.4) is 0 Å². The first-order chi connectivity index (χ1) is 14.5. The van der Waals surface area contributed by atoms with E-state index in [1.54, 1.807) is 18.2 Å². The van der Waals surface area contributed by atoms with Gasteiger partial charge in [-0.25, -0.2) is 0 Å². The van der Waals surface area contributed by atoms with Gasteiger partial charge in [-0.3, -0.25) is 4.79 Å². The maximum atomic E-state index is 12.6. The Morgan fingerprint density at radius 2 is 1.77 bits per heavy atom. The third-order valence-corrected chi connectivity index (χ3v) is 6.19. The van der Waals surface area contributed by atoms with Gasteiger partial charge in [-0.1, -0.05) is 65.1 Å². The van der Waals surface area contributed by atoms with Crippen molar-refractivity contribution in [2.24, 2.45) is 0 Å². The molecule has 0 saturated carbocycles. The minimum Gasteiger partial charge on any atom is -0.342 e. The number of benzene rings is 3. The van der Waals surface area contributed by atoms with Gasteiger partial charge in [0.05, 0.1) is 15.7 Å². The van der Waals surface area contributed by atoms with Gasteiger partial charge >= 0.3 is 0 Å². The summed E-state index contributed by atoms with van der Waals surface area (Å²) in [5.41, 5.74) is 5.30. The smallest absolute Gasteiger partial charge is 0.256 e. The summed E-state index contributed by atoms with van der Waals surface area (Å²) in [4.78, 5) is 12.6. The molecule has 0 atom stereocenters. The van der Waals surface area contributed by atoms with E-state index in [1.165, 1.54) is 0 Å². The molecule has 4 aromatic rings. The van der Waals surface area contributed by atoms with Crippen LogP contribution in [0.25, 0.3) is 22.6 Å². The number of carbonyl (C=O) groups excluding carboxylic acids is 1. The van der Waals surface area contributed by atoms with E-state index in [0.717, 1.165) is 33.3 Å². The van der Waals surface area contributed by atoms with Gasteiger partial charge in [0.1, 0.15) is 0 Å². The van der Waals surface area contributed by atoms with Gasteiger partial charge in [0, 0.05) is 45.4 Å². The second-order valence-corrected chi connectivity index (χ2v) is 8.43. The van der Waals surface area contributed by atoms with Crippen LogP contribution in [0.1, 0.15) is 16.7 Å². The molecule has 1 aliphatic rings. The molecule has 1 amide bonds. The van der Waals surface area contributed by atoms with E-state index in [-0.39, 0.29) is 5.91 Å². The number of rotatable bonds is 3. The topological polar surface area (TPSA) is 34.0 Å². The summed E-state index contributed by atoms with van der Waals surface area (Å²) in [6.07, 6.45) is 3.99. The van der Waals surface area contributed by atoms with Gasteiger partial charge in [0.2, 0.25) is 0 Å². The summed E-state index contributed by atoms with van der Waals surface area (Å²) < 4.78 is 2.15. The van der Waals surface area contributed by atoms with Crippen LogP contribution in [0, 0.1) is 0 Å². The predicted molar refractivity (Wildman–Crippen MR) is 125 cm³/mol. The number of carbonyl (C=O) groups is 1. The van der Waals surface area contributed by atoms with E-state index in [9.17, 15) is 4.79 Å². The molecule has 0 saturated heterocycles. The molecule has 0 spiro atoms. The zero-order valence-electron chi connectivity index (χ0n) is 15.6. The van der Waals surface area contributed by atoms with Crippen molar-refractivity contribution >= 4 is 68.9 Å². The average molecular weight is 454 g/mol. The van der Waals surface area contributed by atoms with Gasteiger partial charge in [-0.2, -0.15) is 0 Å². The number of fused-ring (bicyclic) bond motifs is 2. The van der Waals surface area contributed by atoms with E-state index < -0.39 is 0 Å². The summed E-state index contributed by atoms with van der Waals surface area (Å²) in [7, 11) is 0. The van der Waals surface area contributed by atoms with Crippen LogP contribution in [-0.2, 0) is 11.3 Å². The first-order valence-electron chi connectivity index (χ1n) is 9.34. The molecule has 3 nitrogen and oxygen atoms in total. The average Bonchev–Trinajstić information content (AvgIpc) is 3.22. The van der Waals surface area contributed by atoms with Crippen molar-refractivity contribution in [2.75, 3.05) is 5.32 Å². The molecule has 6 heteroatoms. The number of aromatic nitrogens is 1. The molecule has 0 bridgehead atoms. The molecule has 2 heterocycles. The Bertz CT molecular complexity index is 1350. The molecular weight excluding hydrogens is 439 g/mol. The largest absolute Gasteiger partial charge is 0.342 e. The minimum absolute atomic E-state index is 0.131. The Morgan fingerprint density at radius 3 is 2.60 bits per heavy atom. The highest BCUT2D eigenvalue weighted by molar-refractivity contribution is 6.42. The maximum Gasteiger partial charge on any atom is 0.256 e. The Labute approximate surface area is 188 Å². The number of hydrogen-bond donors (Lipinski definition) is 1. The number of halogens is 3. The fraction of sp³-hybridized carbons (Fsp3) is 0.0417. The fourth-order valence-corrected chi connectivity index (χ4v) is 4.31. The Morgan fingerprint density at radius 1 is 0.933 bits per heavy atom. The highest BCUT2D eigenvalue weighted by Crippen LogP contribution is 2.36. The standard InChI is InChI=1S/C24H15Cl3N2O/c25-16-6-7-18-19(24(30)28-22(18)11-16)10-15-13-29(23-4-2-1-3-17(15)23)12-14-5-8-20(26)21(27)9-14/h1-11,13H,12H2,(H,28,30)/b19-10+. The molecular formula is C24H15Cl3N2O. The van der Waals surface area contributed by atoms with Crippen LogP contribution in [0.5, 0.6) is 0 Å². The lowest BCUT2D eigenvalue weighted by molar-refractivity contribution is -0.110. The lowest BCUT2D eigenvalue weighted by Gasteiger charge is -2.06. The Balaban J connectivity index is 1.60. The van der Waals surface area contributed by atoms with Crippen LogP contribution < -0.4 is 5.32 Å². The molecule has 3 aromatic carbocycles. The zero-order valence-corrected chi connectivity index (χ0v) is 17.9. The normalized spacial score (nSPS) is 14.4. The van der Waals surface area contributed by atoms with Crippen molar-refractivity contribution in [1.29, 1.82) is 0 Å². The van der Waals surface area contributed by atoms with Gasteiger partial charge in [-0.15, -0.1) is 0 Å². The van der Waals surface area contributed by atoms with Crippen LogP contribution in [0.15, 0.2) is 66.9 Å². The van der Waals surface area contributed by atoms with Crippen molar-refractivity contribution in [3.63, 3.8) is 0 Å². The monoisotopic (exact) mass is 452 g/mol. The third-order valence-electron chi connectivity index (χ3n) is 5.22. The summed E-state index contributed by atoms with van der Waals surface area (Å²) in [5.74, 6) is -0.131. The van der Waals surface area contributed by atoms with Crippen LogP contribution in [0.2, 0.25) is 15.1 Å². The van der Waals surface area contributed by atoms with E-state index in [1.807, 2.05) is 36.4 Å². The van der Waals surface area contributed by atoms with E-state index >= 15 is 0 Å². The number of para-hydroxylation sites is 1. The van der Waals surface area contributed by atoms with Gasteiger partial charge in [0.15, 0.2) is 0 Å². The van der Waals surface area contributed by atoms with Crippen molar-refractivity contribution in [1.82, 2.24) is 4.57 Å². The Kier molecular flexibility index (Phi) is 4.82. The van der Waals surface area contributed by atoms with Crippen LogP contribution in [-0.4, -0.2) is 10.5 Å². The number of amides is 1. The van der Waals surface area contributed by atoms with E-state index in [2.05, 4.69) is 28.2 Å². The molecule has 0 radical (unpaired) electrons. The first kappa shape index (κ1) is 19.3. The second-order valence-electron chi connectivity index (χ2n) is 7.18. The molecule has 1 aliphatic heterocycles. The molecule has 0 fully saturated rings. The number of nitrogens with one attached hydrogen (secondary N) is 1. The maximum absolute atomic E-state index is 12.6. The minimum atomic E-state index is -0.131. The molecule has 5 rings (SSSR count). The Hall–Kier alpha value is -2.72. The highest BCUT2D eigenvalue weighted by Gasteiger charge is 2.24. The zero-order chi connectivity index (χ0) is 20.8. The molecule has 30 heavy (non-hydrogen) atoms. The molecule has 0 aliphatic carbocycles. The molecule has 0 unspecified atom stereocenters. The van der Waals surface area contributed by atoms with E-state index in [0.29, 0.717) is 27.2 Å². The SMILES string of the molecule is O=C1Nc2cc(Cl)ccc2/C1=C\c1cn(Cc2ccc(Cl)c(Cl)c2)c2ccccc12. The summed E-state index contributed by atoms with van der Waals surface area (Å²) in [6, 6.07) is 19.2. The third kappa shape index (κ3) is 3.39. The summed E-state index contributed by atoms with van der Waals surface area (Å²) in [5, 5.41) is 5.62.